The lowest BCUT2D eigenvalue weighted by Gasteiger charge is -2.18. The van der Waals surface area contributed by atoms with Crippen LogP contribution in [0.4, 0.5) is 0 Å². The number of aryl methyl sites for hydroxylation is 2. The van der Waals surface area contributed by atoms with E-state index in [4.69, 9.17) is 9.35 Å². The first-order valence-electron chi connectivity index (χ1n) is 6.31. The average molecular weight is 286 g/mol. The van der Waals surface area contributed by atoms with Gasteiger partial charge >= 0.3 is 7.60 Å². The molecular formula is C13H19O5P. The minimum absolute atomic E-state index is 0.127. The first-order chi connectivity index (χ1) is 9.17. The molecule has 0 aliphatic heterocycles. The fraction of sp³-hybridized carbons (Fsp3) is 0.538. The predicted octanol–water partition coefficient (Wildman–Crippen LogP) is 3.41. The molecule has 0 saturated heterocycles. The van der Waals surface area contributed by atoms with Gasteiger partial charge in [0.2, 0.25) is 0 Å². The van der Waals surface area contributed by atoms with Gasteiger partial charge in [-0.15, -0.1) is 9.35 Å². The lowest BCUT2D eigenvalue weighted by atomic mass is 9.91. The summed E-state index contributed by atoms with van der Waals surface area (Å²) in [5, 5.41) is 0. The highest BCUT2D eigenvalue weighted by Crippen LogP contribution is 2.51. The highest BCUT2D eigenvalue weighted by molar-refractivity contribution is 7.52. The van der Waals surface area contributed by atoms with Crippen molar-refractivity contribution in [1.29, 1.82) is 0 Å². The van der Waals surface area contributed by atoms with Crippen LogP contribution >= 0.6 is 7.60 Å². The highest BCUT2D eigenvalue weighted by atomic mass is 31.2. The molecular weight excluding hydrogens is 267 g/mol. The molecule has 0 saturated carbocycles. The summed E-state index contributed by atoms with van der Waals surface area (Å²) in [4.78, 5) is 8.95. The van der Waals surface area contributed by atoms with Crippen LogP contribution in [0.3, 0.4) is 0 Å². The third-order valence-corrected chi connectivity index (χ3v) is 4.67. The van der Waals surface area contributed by atoms with E-state index in [0.717, 1.165) is 18.4 Å². The van der Waals surface area contributed by atoms with Crippen molar-refractivity contribution >= 4 is 7.60 Å². The first kappa shape index (κ1) is 14.7. The van der Waals surface area contributed by atoms with Crippen LogP contribution in [-0.2, 0) is 42.7 Å². The molecule has 0 N–H and O–H groups in total. The maximum atomic E-state index is 12.3. The summed E-state index contributed by atoms with van der Waals surface area (Å²) in [6, 6.07) is 6.11. The van der Waals surface area contributed by atoms with Crippen LogP contribution in [0.5, 0.6) is 0 Å². The van der Waals surface area contributed by atoms with Crippen molar-refractivity contribution in [2.75, 3.05) is 14.2 Å². The number of hydrogen-bond donors (Lipinski definition) is 0. The normalized spacial score (nSPS) is 15.3. The van der Waals surface area contributed by atoms with Gasteiger partial charge in [-0.1, -0.05) is 18.2 Å². The van der Waals surface area contributed by atoms with Gasteiger partial charge in [-0.3, -0.25) is 4.57 Å². The second-order valence-corrected chi connectivity index (χ2v) is 6.40. The minimum atomic E-state index is -3.42. The Hall–Kier alpha value is -0.710. The number of fused-ring (bicyclic) bond motifs is 1. The summed E-state index contributed by atoms with van der Waals surface area (Å²) in [6.45, 7) is 0. The molecule has 2 rings (SSSR count). The largest absolute Gasteiger partial charge is 0.388 e. The van der Waals surface area contributed by atoms with Gasteiger partial charge in [0.1, 0.15) is 0 Å². The molecule has 106 valence electrons. The molecule has 0 unspecified atom stereocenters. The average Bonchev–Trinajstić information content (AvgIpc) is 2.39. The number of hydrogen-bond acceptors (Lipinski definition) is 5. The van der Waals surface area contributed by atoms with Gasteiger partial charge in [-0.05, 0) is 42.4 Å². The Kier molecular flexibility index (Phi) is 5.13. The van der Waals surface area contributed by atoms with E-state index in [0.29, 0.717) is 0 Å². The maximum absolute atomic E-state index is 12.3. The Balaban J connectivity index is 2.15. The fourth-order valence-electron chi connectivity index (χ4n) is 2.40. The summed E-state index contributed by atoms with van der Waals surface area (Å²) in [5.41, 5.74) is 3.60. The standard InChI is InChI=1S/C13H19O5P/c1-15-17-19(14,18-16-2)10-11-7-8-12-5-3-4-6-13(12)9-11/h7-9H,3-6,10H2,1-2H3. The molecule has 6 heteroatoms. The van der Waals surface area contributed by atoms with Crippen molar-refractivity contribution in [2.24, 2.45) is 0 Å². The molecule has 19 heavy (non-hydrogen) atoms. The van der Waals surface area contributed by atoms with E-state index in [2.05, 4.69) is 21.9 Å². The molecule has 0 fully saturated rings. The van der Waals surface area contributed by atoms with Crippen LogP contribution in [0.15, 0.2) is 18.2 Å². The molecule has 0 bridgehead atoms. The Morgan fingerprint density at radius 3 is 2.32 bits per heavy atom. The van der Waals surface area contributed by atoms with Crippen molar-refractivity contribution in [3.8, 4) is 0 Å². The molecule has 0 heterocycles. The predicted molar refractivity (Wildman–Crippen MR) is 70.6 cm³/mol. The Morgan fingerprint density at radius 1 is 1.05 bits per heavy atom. The zero-order valence-electron chi connectivity index (χ0n) is 11.3. The fourth-order valence-corrected chi connectivity index (χ4v) is 3.63. The van der Waals surface area contributed by atoms with Gasteiger partial charge in [-0.25, -0.2) is 9.78 Å². The molecule has 0 amide bonds. The lowest BCUT2D eigenvalue weighted by molar-refractivity contribution is -0.242. The van der Waals surface area contributed by atoms with Gasteiger partial charge in [0.05, 0.1) is 20.4 Å². The molecule has 1 aromatic carbocycles. The summed E-state index contributed by atoms with van der Waals surface area (Å²) in [7, 11) is -0.841. The van der Waals surface area contributed by atoms with Crippen LogP contribution < -0.4 is 0 Å². The SMILES string of the molecule is COOP(=O)(Cc1ccc2c(c1)CCCC2)OOC. The van der Waals surface area contributed by atoms with Gasteiger partial charge in [-0.2, -0.15) is 0 Å². The monoisotopic (exact) mass is 286 g/mol. The second kappa shape index (κ2) is 6.64. The molecule has 1 aliphatic rings. The summed E-state index contributed by atoms with van der Waals surface area (Å²) in [5.74, 6) is 0. The maximum Gasteiger partial charge on any atom is 0.388 e. The van der Waals surface area contributed by atoms with Crippen molar-refractivity contribution < 1.29 is 23.7 Å². The van der Waals surface area contributed by atoms with Crippen LogP contribution in [-0.4, -0.2) is 14.2 Å². The van der Waals surface area contributed by atoms with Crippen LogP contribution in [0, 0.1) is 0 Å². The van der Waals surface area contributed by atoms with E-state index in [1.54, 1.807) is 0 Å². The Bertz CT molecular complexity index is 464. The third kappa shape index (κ3) is 3.88. The molecule has 0 spiro atoms. The lowest BCUT2D eigenvalue weighted by Crippen LogP contribution is -2.04. The first-order valence-corrected chi connectivity index (χ1v) is 8.04. The van der Waals surface area contributed by atoms with Crippen LogP contribution in [0.1, 0.15) is 29.5 Å². The highest BCUT2D eigenvalue weighted by Gasteiger charge is 2.28. The van der Waals surface area contributed by atoms with Gasteiger partial charge in [0.25, 0.3) is 0 Å². The summed E-state index contributed by atoms with van der Waals surface area (Å²) >= 11 is 0. The minimum Gasteiger partial charge on any atom is -0.255 e. The quantitative estimate of drug-likeness (QED) is 0.455. The van der Waals surface area contributed by atoms with E-state index in [1.165, 1.54) is 38.2 Å². The zero-order valence-corrected chi connectivity index (χ0v) is 12.2. The third-order valence-electron chi connectivity index (χ3n) is 3.17. The summed E-state index contributed by atoms with van der Waals surface area (Å²) < 4.78 is 21.7. The van der Waals surface area contributed by atoms with Gasteiger partial charge in [0.15, 0.2) is 0 Å². The molecule has 1 aromatic rings. The molecule has 0 radical (unpaired) electrons. The van der Waals surface area contributed by atoms with E-state index < -0.39 is 7.60 Å². The van der Waals surface area contributed by atoms with Crippen LogP contribution in [0.2, 0.25) is 0 Å². The van der Waals surface area contributed by atoms with E-state index in [-0.39, 0.29) is 6.16 Å². The molecule has 0 atom stereocenters. The summed E-state index contributed by atoms with van der Waals surface area (Å²) in [6.07, 6.45) is 4.77. The van der Waals surface area contributed by atoms with Gasteiger partial charge < -0.3 is 0 Å². The topological polar surface area (TPSA) is 54.0 Å². The second-order valence-electron chi connectivity index (χ2n) is 4.56. The van der Waals surface area contributed by atoms with Crippen molar-refractivity contribution in [3.05, 3.63) is 34.9 Å². The van der Waals surface area contributed by atoms with Crippen molar-refractivity contribution in [2.45, 2.75) is 31.8 Å². The Labute approximate surface area is 113 Å². The number of benzene rings is 1. The smallest absolute Gasteiger partial charge is 0.255 e. The number of rotatable bonds is 6. The zero-order chi connectivity index (χ0) is 13.7. The van der Waals surface area contributed by atoms with E-state index in [9.17, 15) is 4.57 Å². The van der Waals surface area contributed by atoms with Crippen LogP contribution in [0.25, 0.3) is 0 Å². The van der Waals surface area contributed by atoms with E-state index >= 15 is 0 Å². The molecule has 1 aliphatic carbocycles. The molecule has 5 nitrogen and oxygen atoms in total. The van der Waals surface area contributed by atoms with Crippen molar-refractivity contribution in [3.63, 3.8) is 0 Å². The molecule has 0 aromatic heterocycles. The van der Waals surface area contributed by atoms with E-state index in [1.807, 2.05) is 6.07 Å². The Morgan fingerprint density at radius 2 is 1.68 bits per heavy atom. The van der Waals surface area contributed by atoms with Crippen molar-refractivity contribution in [1.82, 2.24) is 0 Å². The van der Waals surface area contributed by atoms with Gasteiger partial charge in [0, 0.05) is 0 Å².